The second-order valence-corrected chi connectivity index (χ2v) is 14.1. The fourth-order valence-corrected chi connectivity index (χ4v) is 6.96. The normalized spacial score (nSPS) is 10.7. The maximum atomic E-state index is 6.38. The van der Waals surface area contributed by atoms with E-state index >= 15 is 0 Å². The fraction of sp³-hybridized carbons (Fsp3) is 0.105. The molecule has 0 amide bonds. The van der Waals surface area contributed by atoms with Gasteiger partial charge in [-0.2, -0.15) is 0 Å². The standard InChI is InChI=1S/C19H15ClN8.C14H13ClN4.C5H3BrN4.2ClH/c1-28-10-21-7-14(28)16-12(5-11-3-2-4-13(20)15(11)27-16)6-22-18-17-19(24-8-23-17)26-9-25-18;1-19-8-17-7-12(19)14-10(6-16)5-9-3-2-4-11(15)13(9)18-14;6-4-3-5(9-1-7-3)10-2-8-4;;/h2-5,7-10H,6H2,1H3,(H2,22,23,24,25,26);2-5,7-8H,6,16H2,1H3;1-2H,(H,7,8,9,10);2*1H. The highest BCUT2D eigenvalue weighted by molar-refractivity contribution is 9.10. The van der Waals surface area contributed by atoms with E-state index in [1.165, 1.54) is 12.7 Å². The predicted octanol–water partition coefficient (Wildman–Crippen LogP) is 8.27. The summed E-state index contributed by atoms with van der Waals surface area (Å²) in [5.41, 5.74) is 15.8. The smallest absolute Gasteiger partial charge is 0.182 e. The molecule has 0 aliphatic rings. The third kappa shape index (κ3) is 8.95. The first-order valence-corrected chi connectivity index (χ1v) is 18.8. The van der Waals surface area contributed by atoms with Crippen LogP contribution in [0.5, 0.6) is 0 Å². The van der Waals surface area contributed by atoms with Crippen molar-refractivity contribution in [2.45, 2.75) is 13.1 Å². The van der Waals surface area contributed by atoms with Crippen LogP contribution in [0.25, 0.3) is 66.9 Å². The summed E-state index contributed by atoms with van der Waals surface area (Å²) in [6.07, 6.45) is 13.2. The van der Waals surface area contributed by atoms with Gasteiger partial charge in [-0.1, -0.05) is 47.5 Å². The molecule has 10 rings (SSSR count). The van der Waals surface area contributed by atoms with Crippen LogP contribution >= 0.6 is 63.9 Å². The molecule has 2 aromatic carbocycles. The van der Waals surface area contributed by atoms with Gasteiger partial charge in [0, 0.05) is 38.0 Å². The molecule has 21 heteroatoms. The molecule has 0 bridgehead atoms. The molecule has 0 atom stereocenters. The molecule has 5 N–H and O–H groups in total. The van der Waals surface area contributed by atoms with Crippen LogP contribution in [0.15, 0.2) is 103 Å². The highest BCUT2D eigenvalue weighted by Gasteiger charge is 2.16. The number of nitrogens with two attached hydrogens (primary N) is 1. The number of imidazole rings is 4. The number of benzene rings is 2. The molecule has 59 heavy (non-hydrogen) atoms. The molecule has 8 aromatic heterocycles. The molecule has 0 aliphatic heterocycles. The Labute approximate surface area is 366 Å². The zero-order chi connectivity index (χ0) is 39.5. The molecule has 0 fully saturated rings. The highest BCUT2D eigenvalue weighted by Crippen LogP contribution is 2.31. The van der Waals surface area contributed by atoms with Gasteiger partial charge >= 0.3 is 0 Å². The lowest BCUT2D eigenvalue weighted by Crippen LogP contribution is -2.06. The largest absolute Gasteiger partial charge is 0.364 e. The minimum Gasteiger partial charge on any atom is -0.364 e. The van der Waals surface area contributed by atoms with Gasteiger partial charge in [-0.15, -0.1) is 24.8 Å². The van der Waals surface area contributed by atoms with Crippen LogP contribution in [0.4, 0.5) is 5.82 Å². The molecule has 0 unspecified atom stereocenters. The maximum Gasteiger partial charge on any atom is 0.182 e. The van der Waals surface area contributed by atoms with Crippen molar-refractivity contribution >= 4 is 114 Å². The molecule has 10 aromatic rings. The van der Waals surface area contributed by atoms with Crippen LogP contribution in [0, 0.1) is 0 Å². The summed E-state index contributed by atoms with van der Waals surface area (Å²) in [5, 5.41) is 6.61. The monoisotopic (exact) mass is 932 g/mol. The SMILES string of the molecule is Brc1ncnc2nc[nH]c12.Cl.Cl.Cn1cncc1-c1nc2c(Cl)cccc2cc1CN.Cn1cncc1-c1nc2c(Cl)cccc2cc1CNc1ncnc2nc[nH]c12. The number of aryl methyl sites for hydroxylation is 2. The summed E-state index contributed by atoms with van der Waals surface area (Å²) in [5.74, 6) is 0.685. The number of hydrogen-bond donors (Lipinski definition) is 4. The Bertz CT molecular complexity index is 3020. The van der Waals surface area contributed by atoms with Crippen LogP contribution in [-0.4, -0.2) is 68.9 Å². The van der Waals surface area contributed by atoms with Gasteiger partial charge in [0.25, 0.3) is 0 Å². The van der Waals surface area contributed by atoms with Crippen molar-refractivity contribution in [3.05, 3.63) is 125 Å². The Morgan fingerprint density at radius 3 is 1.76 bits per heavy atom. The van der Waals surface area contributed by atoms with E-state index in [0.29, 0.717) is 40.2 Å². The van der Waals surface area contributed by atoms with E-state index in [2.05, 4.69) is 82.1 Å². The Morgan fingerprint density at radius 1 is 0.695 bits per heavy atom. The second kappa shape index (κ2) is 18.8. The third-order valence-electron chi connectivity index (χ3n) is 8.94. The van der Waals surface area contributed by atoms with E-state index in [9.17, 15) is 0 Å². The number of nitrogens with zero attached hydrogens (tertiary/aromatic N) is 12. The molecule has 0 saturated carbocycles. The number of halogens is 5. The zero-order valence-electron chi connectivity index (χ0n) is 31.0. The molecule has 0 spiro atoms. The summed E-state index contributed by atoms with van der Waals surface area (Å²) < 4.78 is 4.60. The van der Waals surface area contributed by atoms with Crippen LogP contribution < -0.4 is 11.1 Å². The first-order valence-electron chi connectivity index (χ1n) is 17.3. The van der Waals surface area contributed by atoms with Crippen molar-refractivity contribution < 1.29 is 0 Å². The average Bonchev–Trinajstić information content (AvgIpc) is 4.06. The summed E-state index contributed by atoms with van der Waals surface area (Å²) >= 11 is 15.8. The number of anilines is 1. The van der Waals surface area contributed by atoms with E-state index in [0.717, 1.165) is 71.3 Å². The number of aromatic amines is 2. The Morgan fingerprint density at radius 2 is 1.22 bits per heavy atom. The average molecular weight is 936 g/mol. The first-order chi connectivity index (χ1) is 27.8. The van der Waals surface area contributed by atoms with Crippen molar-refractivity contribution in [2.75, 3.05) is 5.32 Å². The van der Waals surface area contributed by atoms with Crippen LogP contribution in [-0.2, 0) is 27.2 Å². The van der Waals surface area contributed by atoms with Gasteiger partial charge in [0.15, 0.2) is 17.1 Å². The lowest BCUT2D eigenvalue weighted by molar-refractivity contribution is 0.912. The third-order valence-corrected chi connectivity index (χ3v) is 10.1. The Hall–Kier alpha value is -5.82. The molecule has 8 heterocycles. The molecule has 0 aliphatic carbocycles. The number of nitrogens with one attached hydrogen (secondary N) is 3. The van der Waals surface area contributed by atoms with E-state index < -0.39 is 0 Å². The van der Waals surface area contributed by atoms with Gasteiger partial charge in [0.2, 0.25) is 0 Å². The summed E-state index contributed by atoms with van der Waals surface area (Å²) in [7, 11) is 3.87. The van der Waals surface area contributed by atoms with Crippen molar-refractivity contribution in [1.82, 2.24) is 68.9 Å². The quantitative estimate of drug-likeness (QED) is 0.116. The van der Waals surface area contributed by atoms with E-state index in [1.54, 1.807) is 37.7 Å². The molecule has 300 valence electrons. The van der Waals surface area contributed by atoms with Gasteiger partial charge in [-0.25, -0.2) is 49.8 Å². The van der Waals surface area contributed by atoms with Gasteiger partial charge in [0.05, 0.1) is 81.6 Å². The minimum absolute atomic E-state index is 0. The zero-order valence-corrected chi connectivity index (χ0v) is 35.8. The minimum atomic E-state index is 0. The van der Waals surface area contributed by atoms with Crippen molar-refractivity contribution in [3.8, 4) is 22.8 Å². The first kappa shape index (κ1) is 42.8. The lowest BCUT2D eigenvalue weighted by atomic mass is 10.1. The molecular formula is C38H33BrCl4N16. The summed E-state index contributed by atoms with van der Waals surface area (Å²) in [6.45, 7) is 0.942. The number of H-pyrrole nitrogens is 2. The highest BCUT2D eigenvalue weighted by atomic mass is 79.9. The Kier molecular flexibility index (Phi) is 13.7. The molecule has 16 nitrogen and oxygen atoms in total. The van der Waals surface area contributed by atoms with Gasteiger partial charge in [0.1, 0.15) is 28.3 Å². The van der Waals surface area contributed by atoms with Crippen LogP contribution in [0.1, 0.15) is 11.1 Å². The van der Waals surface area contributed by atoms with Gasteiger partial charge in [-0.3, -0.25) is 0 Å². The van der Waals surface area contributed by atoms with E-state index in [-0.39, 0.29) is 24.8 Å². The molecular weight excluding hydrogens is 902 g/mol. The number of pyridine rings is 2. The lowest BCUT2D eigenvalue weighted by Gasteiger charge is -2.13. The van der Waals surface area contributed by atoms with Gasteiger partial charge in [-0.05, 0) is 51.3 Å². The van der Waals surface area contributed by atoms with Crippen LogP contribution in [0.2, 0.25) is 10.0 Å². The van der Waals surface area contributed by atoms with Crippen molar-refractivity contribution in [2.24, 2.45) is 19.8 Å². The number of rotatable bonds is 6. The van der Waals surface area contributed by atoms with E-state index in [4.69, 9.17) is 33.9 Å². The summed E-state index contributed by atoms with van der Waals surface area (Å²) in [6, 6.07) is 15.6. The van der Waals surface area contributed by atoms with E-state index in [1.807, 2.05) is 65.7 Å². The topological polar surface area (TPSA) is 208 Å². The summed E-state index contributed by atoms with van der Waals surface area (Å²) in [4.78, 5) is 48.3. The number of aromatic nitrogens is 14. The van der Waals surface area contributed by atoms with Crippen LogP contribution in [0.3, 0.4) is 0 Å². The predicted molar refractivity (Wildman–Crippen MR) is 239 cm³/mol. The number of fused-ring (bicyclic) bond motifs is 4. The second-order valence-electron chi connectivity index (χ2n) is 12.5. The molecule has 0 saturated heterocycles. The van der Waals surface area contributed by atoms with Gasteiger partial charge < -0.3 is 30.2 Å². The maximum absolute atomic E-state index is 6.38. The van der Waals surface area contributed by atoms with Crippen molar-refractivity contribution in [3.63, 3.8) is 0 Å². The molecule has 0 radical (unpaired) electrons. The number of hydrogen-bond acceptors (Lipinski definition) is 12. The Balaban J connectivity index is 0.000000163. The fourth-order valence-electron chi connectivity index (χ4n) is 6.13. The number of para-hydroxylation sites is 2. The van der Waals surface area contributed by atoms with Crippen molar-refractivity contribution in [1.29, 1.82) is 0 Å².